The molecular weight excluding hydrogens is 216 g/mol. The van der Waals surface area contributed by atoms with Gasteiger partial charge in [0, 0.05) is 32.9 Å². The number of hydrogen-bond donors (Lipinski definition) is 1. The predicted molar refractivity (Wildman–Crippen MR) is 66.7 cm³/mol. The summed E-state index contributed by atoms with van der Waals surface area (Å²) < 4.78 is 5.58. The van der Waals surface area contributed by atoms with Gasteiger partial charge in [-0.25, -0.2) is 9.97 Å². The SMILES string of the molecule is CN(CCOCC1CC1)c1nccc(CN)n1. The van der Waals surface area contributed by atoms with Crippen LogP contribution in [0.4, 0.5) is 5.95 Å². The Morgan fingerprint density at radius 1 is 1.53 bits per heavy atom. The molecule has 1 aromatic heterocycles. The molecule has 5 nitrogen and oxygen atoms in total. The molecule has 5 heteroatoms. The summed E-state index contributed by atoms with van der Waals surface area (Å²) in [6, 6.07) is 1.83. The minimum Gasteiger partial charge on any atom is -0.379 e. The van der Waals surface area contributed by atoms with Gasteiger partial charge in [-0.1, -0.05) is 0 Å². The van der Waals surface area contributed by atoms with Gasteiger partial charge in [0.15, 0.2) is 0 Å². The molecule has 0 aromatic carbocycles. The van der Waals surface area contributed by atoms with Crippen molar-refractivity contribution in [1.82, 2.24) is 9.97 Å². The maximum absolute atomic E-state index is 5.58. The first kappa shape index (κ1) is 12.3. The second kappa shape index (κ2) is 5.93. The van der Waals surface area contributed by atoms with Crippen molar-refractivity contribution in [2.24, 2.45) is 11.7 Å². The Morgan fingerprint density at radius 2 is 2.35 bits per heavy atom. The number of nitrogens with two attached hydrogens (primary N) is 1. The molecule has 2 N–H and O–H groups in total. The van der Waals surface area contributed by atoms with E-state index in [0.717, 1.165) is 31.4 Å². The molecule has 1 aliphatic rings. The van der Waals surface area contributed by atoms with Crippen LogP contribution in [0.2, 0.25) is 0 Å². The first-order chi connectivity index (χ1) is 8.29. The Morgan fingerprint density at radius 3 is 3.06 bits per heavy atom. The zero-order valence-corrected chi connectivity index (χ0v) is 10.3. The van der Waals surface area contributed by atoms with Crippen molar-refractivity contribution in [3.63, 3.8) is 0 Å². The number of anilines is 1. The molecule has 0 bridgehead atoms. The molecule has 1 saturated carbocycles. The van der Waals surface area contributed by atoms with Crippen LogP contribution in [0.1, 0.15) is 18.5 Å². The Hall–Kier alpha value is -1.20. The van der Waals surface area contributed by atoms with Gasteiger partial charge in [-0.15, -0.1) is 0 Å². The van der Waals surface area contributed by atoms with Crippen LogP contribution in [-0.4, -0.2) is 36.8 Å². The molecule has 0 spiro atoms. The van der Waals surface area contributed by atoms with E-state index in [0.29, 0.717) is 12.5 Å². The Bertz CT molecular complexity index is 354. The molecule has 1 aliphatic carbocycles. The monoisotopic (exact) mass is 236 g/mol. The number of rotatable bonds is 7. The fourth-order valence-electron chi connectivity index (χ4n) is 1.52. The average Bonchev–Trinajstić information content (AvgIpc) is 3.18. The largest absolute Gasteiger partial charge is 0.379 e. The molecule has 0 saturated heterocycles. The van der Waals surface area contributed by atoms with Crippen LogP contribution in [0, 0.1) is 5.92 Å². The van der Waals surface area contributed by atoms with Crippen molar-refractivity contribution >= 4 is 5.95 Å². The second-order valence-electron chi connectivity index (χ2n) is 4.49. The van der Waals surface area contributed by atoms with E-state index in [1.54, 1.807) is 6.20 Å². The lowest BCUT2D eigenvalue weighted by Gasteiger charge is -2.17. The van der Waals surface area contributed by atoms with Gasteiger partial charge in [-0.2, -0.15) is 0 Å². The standard InChI is InChI=1S/C12H20N4O/c1-16(6-7-17-9-10-2-3-10)12-14-5-4-11(8-13)15-12/h4-5,10H,2-3,6-9,13H2,1H3. The molecule has 0 unspecified atom stereocenters. The third kappa shape index (κ3) is 3.94. The van der Waals surface area contributed by atoms with E-state index in [2.05, 4.69) is 9.97 Å². The molecule has 1 aromatic rings. The van der Waals surface area contributed by atoms with E-state index in [9.17, 15) is 0 Å². The summed E-state index contributed by atoms with van der Waals surface area (Å²) in [7, 11) is 1.97. The lowest BCUT2D eigenvalue weighted by molar-refractivity contribution is 0.130. The van der Waals surface area contributed by atoms with Gasteiger partial charge in [0.2, 0.25) is 5.95 Å². The zero-order valence-electron chi connectivity index (χ0n) is 10.3. The predicted octanol–water partition coefficient (Wildman–Crippen LogP) is 0.798. The molecular formula is C12H20N4O. The van der Waals surface area contributed by atoms with E-state index in [1.807, 2.05) is 18.0 Å². The highest BCUT2D eigenvalue weighted by molar-refractivity contribution is 5.28. The fraction of sp³-hybridized carbons (Fsp3) is 0.667. The lowest BCUT2D eigenvalue weighted by atomic mass is 10.4. The highest BCUT2D eigenvalue weighted by atomic mass is 16.5. The van der Waals surface area contributed by atoms with Gasteiger partial charge in [-0.05, 0) is 24.8 Å². The summed E-state index contributed by atoms with van der Waals surface area (Å²) in [5.74, 6) is 1.53. The molecule has 94 valence electrons. The topological polar surface area (TPSA) is 64.3 Å². The van der Waals surface area contributed by atoms with Crippen molar-refractivity contribution in [2.75, 3.05) is 31.7 Å². The van der Waals surface area contributed by atoms with Gasteiger partial charge in [0.05, 0.1) is 12.3 Å². The molecule has 0 radical (unpaired) electrons. The first-order valence-electron chi connectivity index (χ1n) is 6.10. The minimum atomic E-state index is 0.446. The van der Waals surface area contributed by atoms with E-state index in [1.165, 1.54) is 12.8 Å². The van der Waals surface area contributed by atoms with E-state index in [-0.39, 0.29) is 0 Å². The number of nitrogens with zero attached hydrogens (tertiary/aromatic N) is 3. The third-order valence-electron chi connectivity index (χ3n) is 2.87. The van der Waals surface area contributed by atoms with Crippen LogP contribution in [0.5, 0.6) is 0 Å². The molecule has 1 heterocycles. The van der Waals surface area contributed by atoms with Gasteiger partial charge in [-0.3, -0.25) is 0 Å². The summed E-state index contributed by atoms with van der Waals surface area (Å²) in [6.45, 7) is 2.88. The number of ether oxygens (including phenoxy) is 1. The van der Waals surface area contributed by atoms with Gasteiger partial charge in [0.25, 0.3) is 0 Å². The van der Waals surface area contributed by atoms with E-state index < -0.39 is 0 Å². The quantitative estimate of drug-likeness (QED) is 0.709. The fourth-order valence-corrected chi connectivity index (χ4v) is 1.52. The van der Waals surface area contributed by atoms with Crippen molar-refractivity contribution < 1.29 is 4.74 Å². The van der Waals surface area contributed by atoms with E-state index >= 15 is 0 Å². The van der Waals surface area contributed by atoms with Crippen LogP contribution >= 0.6 is 0 Å². The van der Waals surface area contributed by atoms with Gasteiger partial charge >= 0.3 is 0 Å². The molecule has 2 rings (SSSR count). The number of likely N-dealkylation sites (N-methyl/N-ethyl adjacent to an activating group) is 1. The van der Waals surface area contributed by atoms with Crippen LogP contribution in [-0.2, 0) is 11.3 Å². The highest BCUT2D eigenvalue weighted by Gasteiger charge is 2.21. The van der Waals surface area contributed by atoms with Crippen LogP contribution in [0.15, 0.2) is 12.3 Å². The Balaban J connectivity index is 1.74. The number of hydrogen-bond acceptors (Lipinski definition) is 5. The van der Waals surface area contributed by atoms with Crippen molar-refractivity contribution in [3.8, 4) is 0 Å². The highest BCUT2D eigenvalue weighted by Crippen LogP contribution is 2.28. The molecule has 1 fully saturated rings. The first-order valence-corrected chi connectivity index (χ1v) is 6.10. The van der Waals surface area contributed by atoms with Gasteiger partial charge < -0.3 is 15.4 Å². The van der Waals surface area contributed by atoms with Crippen molar-refractivity contribution in [2.45, 2.75) is 19.4 Å². The Kier molecular flexibility index (Phi) is 4.28. The van der Waals surface area contributed by atoms with Gasteiger partial charge in [0.1, 0.15) is 0 Å². The summed E-state index contributed by atoms with van der Waals surface area (Å²) in [4.78, 5) is 10.6. The van der Waals surface area contributed by atoms with Crippen LogP contribution < -0.4 is 10.6 Å². The van der Waals surface area contributed by atoms with E-state index in [4.69, 9.17) is 10.5 Å². The smallest absolute Gasteiger partial charge is 0.225 e. The molecule has 17 heavy (non-hydrogen) atoms. The third-order valence-corrected chi connectivity index (χ3v) is 2.87. The average molecular weight is 236 g/mol. The molecule has 0 aliphatic heterocycles. The Labute approximate surface area is 102 Å². The summed E-state index contributed by atoms with van der Waals surface area (Å²) in [5.41, 5.74) is 6.41. The lowest BCUT2D eigenvalue weighted by Crippen LogP contribution is -2.25. The number of aromatic nitrogens is 2. The summed E-state index contributed by atoms with van der Waals surface area (Å²) >= 11 is 0. The molecule has 0 atom stereocenters. The maximum atomic E-state index is 5.58. The van der Waals surface area contributed by atoms with Crippen LogP contribution in [0.3, 0.4) is 0 Å². The molecule has 0 amide bonds. The van der Waals surface area contributed by atoms with Crippen molar-refractivity contribution in [3.05, 3.63) is 18.0 Å². The zero-order chi connectivity index (χ0) is 12.1. The second-order valence-corrected chi connectivity index (χ2v) is 4.49. The van der Waals surface area contributed by atoms with Crippen LogP contribution in [0.25, 0.3) is 0 Å². The summed E-state index contributed by atoms with van der Waals surface area (Å²) in [6.07, 6.45) is 4.40. The minimum absolute atomic E-state index is 0.446. The normalized spacial score (nSPS) is 14.9. The maximum Gasteiger partial charge on any atom is 0.225 e. The summed E-state index contributed by atoms with van der Waals surface area (Å²) in [5, 5.41) is 0. The van der Waals surface area contributed by atoms with Crippen molar-refractivity contribution in [1.29, 1.82) is 0 Å².